The number of aliphatic carboxylic acids is 2. The van der Waals surface area contributed by atoms with Gasteiger partial charge in [-0.15, -0.1) is 12.4 Å². The molecule has 2 aromatic rings. The zero-order valence-corrected chi connectivity index (χ0v) is 30.5. The Labute approximate surface area is 324 Å². The van der Waals surface area contributed by atoms with E-state index in [0.717, 1.165) is 36.9 Å². The van der Waals surface area contributed by atoms with E-state index in [9.17, 15) is 43.6 Å². The predicted octanol–water partition coefficient (Wildman–Crippen LogP) is -0.822. The van der Waals surface area contributed by atoms with Crippen molar-refractivity contribution in [2.45, 2.75) is 53.2 Å². The van der Waals surface area contributed by atoms with Crippen LogP contribution in [0.4, 0.5) is 0 Å². The second-order valence-electron chi connectivity index (χ2n) is 10.7. The second kappa shape index (κ2) is 28.4. The van der Waals surface area contributed by atoms with Gasteiger partial charge in [-0.25, -0.2) is 9.59 Å². The number of carbonyl (C=O) groups is 7. The molecule has 0 aliphatic carbocycles. The maximum atomic E-state index is 11.4. The Morgan fingerprint density at radius 2 is 1.18 bits per heavy atom. The van der Waals surface area contributed by atoms with Crippen LogP contribution in [0.3, 0.4) is 0 Å². The van der Waals surface area contributed by atoms with Crippen molar-refractivity contribution in [3.8, 4) is 0 Å². The molecule has 2 unspecified atom stereocenters. The van der Waals surface area contributed by atoms with Crippen LogP contribution < -0.4 is 22.0 Å². The van der Waals surface area contributed by atoms with Crippen molar-refractivity contribution in [1.29, 1.82) is 0 Å². The van der Waals surface area contributed by atoms with E-state index in [4.69, 9.17) is 25.3 Å². The van der Waals surface area contributed by atoms with Gasteiger partial charge in [0.2, 0.25) is 0 Å². The van der Waals surface area contributed by atoms with Gasteiger partial charge < -0.3 is 59.6 Å². The Kier molecular flexibility index (Phi) is 26.9. The molecule has 0 radical (unpaired) electrons. The molecule has 1 saturated heterocycles. The molecule has 7 N–H and O–H groups in total. The number of fused-ring (bicyclic) bond motifs is 2. The fourth-order valence-corrected chi connectivity index (χ4v) is 4.23. The lowest BCUT2D eigenvalue weighted by molar-refractivity contribution is -0.153. The molecule has 0 spiro atoms. The molecule has 0 bridgehead atoms. The lowest BCUT2D eigenvalue weighted by atomic mass is 9.79. The van der Waals surface area contributed by atoms with Gasteiger partial charge in [0.15, 0.2) is 19.8 Å². The first-order valence-corrected chi connectivity index (χ1v) is 15.9. The standard InChI is InChI=1S/C12H14BNO5.C8H10BNO2.2C4H6O4.C4H6O2.CH4.ClH/c1-8(15)18-7-12(16)14-6-11-9-4-2-3-5-10(9)13(17)19-11;10-5-8-6-3-1-2-4-7(6)9(11)12-8;2*1-3(5)8-2-4(6)7;5-4-2-1-3-6-4;;/h2-5,11,17H,6-7H2,1H3,(H,14,16);1-4,8,11H,5,10H2;2*2H2,1H3,(H,6,7);1-3H2;1H4;1H. The molecule has 19 nitrogen and oxygen atoms in total. The van der Waals surface area contributed by atoms with Gasteiger partial charge in [0.05, 0.1) is 18.8 Å². The number of benzene rings is 2. The maximum Gasteiger partial charge on any atom is 0.492 e. The van der Waals surface area contributed by atoms with Gasteiger partial charge in [-0.1, -0.05) is 56.0 Å². The summed E-state index contributed by atoms with van der Waals surface area (Å²) in [6, 6.07) is 14.9. The summed E-state index contributed by atoms with van der Waals surface area (Å²) in [5.74, 6) is -4.39. The molecule has 304 valence electrons. The largest absolute Gasteiger partial charge is 0.492 e. The summed E-state index contributed by atoms with van der Waals surface area (Å²) in [6.07, 6.45) is 1.00. The molecule has 3 heterocycles. The van der Waals surface area contributed by atoms with Crippen molar-refractivity contribution in [1.82, 2.24) is 5.32 Å². The van der Waals surface area contributed by atoms with E-state index in [2.05, 4.69) is 24.3 Å². The highest BCUT2D eigenvalue weighted by molar-refractivity contribution is 6.62. The molecule has 3 aliphatic heterocycles. The highest BCUT2D eigenvalue weighted by Crippen LogP contribution is 2.22. The molecule has 1 amide bonds. The molecular formula is C33H47B2ClN2O17. The molecular weight excluding hydrogens is 753 g/mol. The van der Waals surface area contributed by atoms with Crippen molar-refractivity contribution in [3.05, 3.63) is 59.7 Å². The Morgan fingerprint density at radius 1 is 0.764 bits per heavy atom. The van der Waals surface area contributed by atoms with Gasteiger partial charge in [-0.3, -0.25) is 24.0 Å². The van der Waals surface area contributed by atoms with E-state index < -0.39 is 69.3 Å². The molecule has 0 aromatic heterocycles. The smallest absolute Gasteiger partial charge is 0.479 e. The highest BCUT2D eigenvalue weighted by Gasteiger charge is 2.35. The fraction of sp³-hybridized carbons (Fsp3) is 0.424. The predicted molar refractivity (Wildman–Crippen MR) is 197 cm³/mol. The van der Waals surface area contributed by atoms with Gasteiger partial charge >= 0.3 is 50.1 Å². The Hall–Kier alpha value is -5.05. The average molecular weight is 801 g/mol. The molecule has 3 aliphatic rings. The van der Waals surface area contributed by atoms with E-state index in [-0.39, 0.29) is 45.1 Å². The number of halogens is 1. The third-order valence-electron chi connectivity index (χ3n) is 6.50. The third-order valence-corrected chi connectivity index (χ3v) is 6.50. The summed E-state index contributed by atoms with van der Waals surface area (Å²) in [5, 5.41) is 37.5. The summed E-state index contributed by atoms with van der Waals surface area (Å²) in [7, 11) is -1.76. The zero-order valence-electron chi connectivity index (χ0n) is 29.7. The number of nitrogens with one attached hydrogen (secondary N) is 1. The van der Waals surface area contributed by atoms with Crippen LogP contribution >= 0.6 is 12.4 Å². The summed E-state index contributed by atoms with van der Waals surface area (Å²) in [4.78, 5) is 70.9. The van der Waals surface area contributed by atoms with E-state index in [1.165, 1.54) is 6.92 Å². The number of rotatable bonds is 9. The van der Waals surface area contributed by atoms with Crippen molar-refractivity contribution < 1.29 is 82.1 Å². The van der Waals surface area contributed by atoms with Crippen LogP contribution in [0.15, 0.2) is 48.5 Å². The van der Waals surface area contributed by atoms with E-state index in [0.29, 0.717) is 25.0 Å². The SMILES string of the molecule is C.CC(=O)OCC(=O)NCC1OB(O)c2ccccc21.CC(=O)OCC(=O)O.CC(=O)OCC(=O)O.Cl.NCC1OB(O)c2ccccc21.O=C1CCCO1. The Balaban J connectivity index is 0. The van der Waals surface area contributed by atoms with E-state index in [1.807, 2.05) is 42.5 Å². The minimum Gasteiger partial charge on any atom is -0.479 e. The van der Waals surface area contributed by atoms with Crippen molar-refractivity contribution in [2.75, 3.05) is 39.5 Å². The molecule has 55 heavy (non-hydrogen) atoms. The summed E-state index contributed by atoms with van der Waals surface area (Å²) in [5.41, 5.74) is 8.88. The lowest BCUT2D eigenvalue weighted by Gasteiger charge is -2.13. The quantitative estimate of drug-likeness (QED) is 0.103. The minimum atomic E-state index is -1.14. The lowest BCUT2D eigenvalue weighted by Crippen LogP contribution is -2.32. The van der Waals surface area contributed by atoms with Crippen molar-refractivity contribution in [2.24, 2.45) is 5.73 Å². The van der Waals surface area contributed by atoms with Crippen LogP contribution in [0.5, 0.6) is 0 Å². The second-order valence-corrected chi connectivity index (χ2v) is 10.7. The normalized spacial score (nSPS) is 15.1. The topological polar surface area (TPSA) is 294 Å². The zero-order chi connectivity index (χ0) is 39.9. The summed E-state index contributed by atoms with van der Waals surface area (Å²) in [6.45, 7) is 3.41. The molecule has 0 saturated carbocycles. The molecule has 22 heteroatoms. The number of hydrogen-bond acceptors (Lipinski definition) is 16. The first-order chi connectivity index (χ1) is 25.0. The highest BCUT2D eigenvalue weighted by atomic mass is 35.5. The minimum absolute atomic E-state index is 0. The van der Waals surface area contributed by atoms with Gasteiger partial charge in [0.1, 0.15) is 0 Å². The van der Waals surface area contributed by atoms with Crippen LogP contribution in [-0.4, -0.2) is 116 Å². The number of esters is 4. The Morgan fingerprint density at radius 3 is 1.53 bits per heavy atom. The number of carboxylic acids is 2. The van der Waals surface area contributed by atoms with Gasteiger partial charge in [-0.2, -0.15) is 0 Å². The Bertz CT molecular complexity index is 1490. The van der Waals surface area contributed by atoms with Crippen LogP contribution in [-0.2, 0) is 61.8 Å². The number of carbonyl (C=O) groups excluding carboxylic acids is 5. The van der Waals surface area contributed by atoms with Crippen LogP contribution in [0, 0.1) is 0 Å². The van der Waals surface area contributed by atoms with Crippen LogP contribution in [0.25, 0.3) is 0 Å². The van der Waals surface area contributed by atoms with Gasteiger partial charge in [0.25, 0.3) is 5.91 Å². The third kappa shape index (κ3) is 22.1. The number of amides is 1. The van der Waals surface area contributed by atoms with Gasteiger partial charge in [0, 0.05) is 40.3 Å². The van der Waals surface area contributed by atoms with Crippen molar-refractivity contribution >= 4 is 79.3 Å². The molecule has 2 aromatic carbocycles. The molecule has 2 atom stereocenters. The summed E-state index contributed by atoms with van der Waals surface area (Å²) < 4.78 is 27.8. The van der Waals surface area contributed by atoms with E-state index >= 15 is 0 Å². The fourth-order valence-electron chi connectivity index (χ4n) is 4.23. The van der Waals surface area contributed by atoms with Crippen LogP contribution in [0.2, 0.25) is 0 Å². The molecule has 5 rings (SSSR count). The summed E-state index contributed by atoms with van der Waals surface area (Å²) >= 11 is 0. The maximum absolute atomic E-state index is 11.4. The van der Waals surface area contributed by atoms with Crippen LogP contribution in [0.1, 0.15) is 64.4 Å². The molecule has 1 fully saturated rings. The first-order valence-electron chi connectivity index (χ1n) is 15.9. The van der Waals surface area contributed by atoms with Crippen molar-refractivity contribution in [3.63, 3.8) is 0 Å². The number of nitrogens with two attached hydrogens (primary N) is 1. The number of carboxylic acid groups (broad SMARTS) is 2. The first kappa shape index (κ1) is 52.1. The number of ether oxygens (including phenoxy) is 4. The monoisotopic (exact) mass is 800 g/mol. The van der Waals surface area contributed by atoms with E-state index in [1.54, 1.807) is 6.07 Å². The number of hydrogen-bond donors (Lipinski definition) is 6. The van der Waals surface area contributed by atoms with Gasteiger partial charge in [-0.05, 0) is 28.5 Å². The number of cyclic esters (lactones) is 1. The average Bonchev–Trinajstić information content (AvgIpc) is 3.82.